The third-order valence-electron chi connectivity index (χ3n) is 6.12. The molecule has 2 aromatic heterocycles. The minimum atomic E-state index is -0.0268. The molecule has 1 atom stereocenters. The van der Waals surface area contributed by atoms with Gasteiger partial charge >= 0.3 is 0 Å². The van der Waals surface area contributed by atoms with Crippen molar-refractivity contribution in [3.63, 3.8) is 0 Å². The number of rotatable bonds is 5. The predicted octanol–water partition coefficient (Wildman–Crippen LogP) is 2.82. The number of likely N-dealkylation sites (tertiary alicyclic amines) is 1. The van der Waals surface area contributed by atoms with Gasteiger partial charge in [-0.1, -0.05) is 11.6 Å². The number of aromatic nitrogens is 3. The van der Waals surface area contributed by atoms with Crippen molar-refractivity contribution in [2.45, 2.75) is 57.0 Å². The molecule has 7 nitrogen and oxygen atoms in total. The number of carbonyl (C=O) groups excluding carboxylic acids is 1. The Balaban J connectivity index is 1.28. The molecule has 2 aromatic rings. The Bertz CT molecular complexity index is 803. The second-order valence-electron chi connectivity index (χ2n) is 8.19. The van der Waals surface area contributed by atoms with Gasteiger partial charge in [-0.2, -0.15) is 5.10 Å². The summed E-state index contributed by atoms with van der Waals surface area (Å²) in [5.74, 6) is 1.31. The average Bonchev–Trinajstić information content (AvgIpc) is 3.24. The Kier molecular flexibility index (Phi) is 4.47. The molecule has 144 valence electrons. The van der Waals surface area contributed by atoms with E-state index in [0.29, 0.717) is 24.7 Å². The van der Waals surface area contributed by atoms with Crippen LogP contribution in [-0.2, 0) is 6.54 Å². The van der Waals surface area contributed by atoms with Crippen LogP contribution in [0.2, 0.25) is 0 Å². The summed E-state index contributed by atoms with van der Waals surface area (Å²) < 4.78 is 7.50. The van der Waals surface area contributed by atoms with E-state index in [1.165, 1.54) is 32.4 Å². The minimum Gasteiger partial charge on any atom is -0.360 e. The molecule has 0 aromatic carbocycles. The highest BCUT2D eigenvalue weighted by molar-refractivity contribution is 5.92. The van der Waals surface area contributed by atoms with E-state index in [9.17, 15) is 4.79 Å². The van der Waals surface area contributed by atoms with Crippen LogP contribution in [0.15, 0.2) is 22.9 Å². The monoisotopic (exact) mass is 369 g/mol. The zero-order valence-corrected chi connectivity index (χ0v) is 15.7. The van der Waals surface area contributed by atoms with Gasteiger partial charge in [0.1, 0.15) is 5.76 Å². The Morgan fingerprint density at radius 3 is 2.89 bits per heavy atom. The maximum atomic E-state index is 13.0. The molecule has 4 heterocycles. The van der Waals surface area contributed by atoms with Gasteiger partial charge < -0.3 is 14.3 Å². The Labute approximate surface area is 159 Å². The number of piperidine rings is 1. The Morgan fingerprint density at radius 2 is 2.07 bits per heavy atom. The molecule has 7 heteroatoms. The van der Waals surface area contributed by atoms with Crippen molar-refractivity contribution >= 4 is 5.91 Å². The van der Waals surface area contributed by atoms with Crippen LogP contribution in [0.5, 0.6) is 0 Å². The maximum absolute atomic E-state index is 13.0. The average molecular weight is 369 g/mol. The topological polar surface area (TPSA) is 67.4 Å². The maximum Gasteiger partial charge on any atom is 0.276 e. The quantitative estimate of drug-likeness (QED) is 0.811. The van der Waals surface area contributed by atoms with Gasteiger partial charge in [-0.25, -0.2) is 0 Å². The molecule has 1 saturated carbocycles. The second kappa shape index (κ2) is 7.11. The van der Waals surface area contributed by atoms with E-state index in [4.69, 9.17) is 4.52 Å². The molecule has 0 N–H and O–H groups in total. The lowest BCUT2D eigenvalue weighted by atomic mass is 10.1. The van der Waals surface area contributed by atoms with E-state index < -0.39 is 0 Å². The third kappa shape index (κ3) is 3.52. The van der Waals surface area contributed by atoms with E-state index in [-0.39, 0.29) is 11.9 Å². The fourth-order valence-electron chi connectivity index (χ4n) is 4.38. The van der Waals surface area contributed by atoms with E-state index in [1.54, 1.807) is 0 Å². The first-order chi connectivity index (χ1) is 13.3. The van der Waals surface area contributed by atoms with Gasteiger partial charge in [-0.15, -0.1) is 0 Å². The molecule has 0 spiro atoms. The second-order valence-corrected chi connectivity index (χ2v) is 8.19. The highest BCUT2D eigenvalue weighted by Crippen LogP contribution is 2.40. The summed E-state index contributed by atoms with van der Waals surface area (Å²) in [4.78, 5) is 17.5. The van der Waals surface area contributed by atoms with Gasteiger partial charge in [0.2, 0.25) is 0 Å². The minimum absolute atomic E-state index is 0.0268. The van der Waals surface area contributed by atoms with Gasteiger partial charge in [0.15, 0.2) is 5.69 Å². The van der Waals surface area contributed by atoms with Crippen molar-refractivity contribution in [1.29, 1.82) is 0 Å². The molecular weight excluding hydrogens is 342 g/mol. The normalized spacial score (nSPS) is 23.4. The molecule has 0 bridgehead atoms. The molecule has 2 aliphatic heterocycles. The molecular formula is C20H27N5O2. The van der Waals surface area contributed by atoms with Gasteiger partial charge in [-0.05, 0) is 51.3 Å². The summed E-state index contributed by atoms with van der Waals surface area (Å²) in [6.45, 7) is 4.74. The fourth-order valence-corrected chi connectivity index (χ4v) is 4.38. The zero-order valence-electron chi connectivity index (χ0n) is 15.7. The Morgan fingerprint density at radius 1 is 1.22 bits per heavy atom. The van der Waals surface area contributed by atoms with Crippen molar-refractivity contribution in [3.05, 3.63) is 35.5 Å². The summed E-state index contributed by atoms with van der Waals surface area (Å²) in [7, 11) is 0. The predicted molar refractivity (Wildman–Crippen MR) is 99.4 cm³/mol. The van der Waals surface area contributed by atoms with Crippen LogP contribution in [0.4, 0.5) is 0 Å². The van der Waals surface area contributed by atoms with Crippen molar-refractivity contribution in [3.8, 4) is 0 Å². The third-order valence-corrected chi connectivity index (χ3v) is 6.12. The number of nitrogens with zero attached hydrogens (tertiary/aromatic N) is 5. The van der Waals surface area contributed by atoms with E-state index in [1.807, 2.05) is 23.2 Å². The molecule has 2 fully saturated rings. The van der Waals surface area contributed by atoms with Crippen molar-refractivity contribution in [2.24, 2.45) is 0 Å². The SMILES string of the molecule is O=C(c1cc(C2CC2)on1)N1Cc2ccnn2C(CCN2CCCCC2)C1. The number of fused-ring (bicyclic) bond motifs is 1. The highest BCUT2D eigenvalue weighted by atomic mass is 16.5. The molecule has 1 aliphatic carbocycles. The summed E-state index contributed by atoms with van der Waals surface area (Å²) in [6.07, 6.45) is 9.11. The van der Waals surface area contributed by atoms with Crippen LogP contribution in [0.25, 0.3) is 0 Å². The lowest BCUT2D eigenvalue weighted by Gasteiger charge is -2.35. The first-order valence-electron chi connectivity index (χ1n) is 10.3. The zero-order chi connectivity index (χ0) is 18.2. The lowest BCUT2D eigenvalue weighted by Crippen LogP contribution is -2.42. The smallest absolute Gasteiger partial charge is 0.276 e. The molecule has 5 rings (SSSR count). The summed E-state index contributed by atoms with van der Waals surface area (Å²) in [6, 6.07) is 4.09. The number of amides is 1. The van der Waals surface area contributed by atoms with Gasteiger partial charge in [0.25, 0.3) is 5.91 Å². The molecule has 1 saturated heterocycles. The van der Waals surface area contributed by atoms with Crippen LogP contribution >= 0.6 is 0 Å². The van der Waals surface area contributed by atoms with Crippen LogP contribution in [0.1, 0.15) is 72.4 Å². The largest absolute Gasteiger partial charge is 0.360 e. The summed E-state index contributed by atoms with van der Waals surface area (Å²) >= 11 is 0. The van der Waals surface area contributed by atoms with Crippen molar-refractivity contribution in [1.82, 2.24) is 24.7 Å². The fraction of sp³-hybridized carbons (Fsp3) is 0.650. The summed E-state index contributed by atoms with van der Waals surface area (Å²) in [5, 5.41) is 8.57. The molecule has 3 aliphatic rings. The van der Waals surface area contributed by atoms with Crippen LogP contribution in [0.3, 0.4) is 0 Å². The van der Waals surface area contributed by atoms with Gasteiger partial charge in [0, 0.05) is 31.3 Å². The van der Waals surface area contributed by atoms with Crippen LogP contribution < -0.4 is 0 Å². The molecule has 27 heavy (non-hydrogen) atoms. The van der Waals surface area contributed by atoms with Crippen LogP contribution in [0, 0.1) is 0 Å². The highest BCUT2D eigenvalue weighted by Gasteiger charge is 2.33. The van der Waals surface area contributed by atoms with Gasteiger partial charge in [-0.3, -0.25) is 9.48 Å². The lowest BCUT2D eigenvalue weighted by molar-refractivity contribution is 0.0644. The first kappa shape index (κ1) is 17.0. The van der Waals surface area contributed by atoms with E-state index in [2.05, 4.69) is 19.8 Å². The standard InChI is InChI=1S/C20H27N5O2/c26-20(18-12-19(27-22-18)15-4-5-15)24-13-16-6-8-21-25(16)17(14-24)7-11-23-9-2-1-3-10-23/h6,8,12,15,17H,1-5,7,9-11,13-14H2. The molecule has 1 amide bonds. The number of hydrogen-bond donors (Lipinski definition) is 0. The number of hydrogen-bond acceptors (Lipinski definition) is 5. The molecule has 1 unspecified atom stereocenters. The summed E-state index contributed by atoms with van der Waals surface area (Å²) in [5.41, 5.74) is 1.55. The van der Waals surface area contributed by atoms with Gasteiger partial charge in [0.05, 0.1) is 18.3 Å². The van der Waals surface area contributed by atoms with Crippen molar-refractivity contribution < 1.29 is 9.32 Å². The van der Waals surface area contributed by atoms with Crippen LogP contribution in [-0.4, -0.2) is 56.8 Å². The molecule has 0 radical (unpaired) electrons. The number of carbonyl (C=O) groups is 1. The Hall–Kier alpha value is -2.15. The van der Waals surface area contributed by atoms with E-state index in [0.717, 1.165) is 37.3 Å². The first-order valence-corrected chi connectivity index (χ1v) is 10.3. The van der Waals surface area contributed by atoms with E-state index >= 15 is 0 Å². The van der Waals surface area contributed by atoms with Crippen molar-refractivity contribution in [2.75, 3.05) is 26.2 Å².